The van der Waals surface area contributed by atoms with Gasteiger partial charge in [-0.1, -0.05) is 0 Å². The zero-order chi connectivity index (χ0) is 10.9. The van der Waals surface area contributed by atoms with E-state index < -0.39 is 5.54 Å². The molecule has 90 valence electrons. The van der Waals surface area contributed by atoms with Gasteiger partial charge in [0.1, 0.15) is 0 Å². The topological polar surface area (TPSA) is 72.9 Å². The molecule has 1 aromatic rings. The molecule has 1 amide bonds. The van der Waals surface area contributed by atoms with E-state index in [1.165, 1.54) is 0 Å². The summed E-state index contributed by atoms with van der Waals surface area (Å²) in [5.41, 5.74) is 6.29. The van der Waals surface area contributed by atoms with Gasteiger partial charge in [-0.15, -0.1) is 12.4 Å². The van der Waals surface area contributed by atoms with E-state index in [4.69, 9.17) is 5.73 Å². The minimum absolute atomic E-state index is 0. The summed E-state index contributed by atoms with van der Waals surface area (Å²) in [6.07, 6.45) is 5.36. The predicted octanol–water partition coefficient (Wildman–Crippen LogP) is 0.221. The van der Waals surface area contributed by atoms with Crippen molar-refractivity contribution in [3.8, 4) is 0 Å². The van der Waals surface area contributed by atoms with Crippen molar-refractivity contribution in [1.29, 1.82) is 0 Å². The molecule has 6 heteroatoms. The summed E-state index contributed by atoms with van der Waals surface area (Å²) in [4.78, 5) is 11.5. The lowest BCUT2D eigenvalue weighted by molar-refractivity contribution is -0.123. The summed E-state index contributed by atoms with van der Waals surface area (Å²) in [7, 11) is 0. The minimum atomic E-state index is -0.569. The maximum absolute atomic E-state index is 11.5. The van der Waals surface area contributed by atoms with Crippen LogP contribution in [0.15, 0.2) is 12.4 Å². The third-order valence-electron chi connectivity index (χ3n) is 2.63. The van der Waals surface area contributed by atoms with Crippen LogP contribution in [0.2, 0.25) is 0 Å². The Morgan fingerprint density at radius 2 is 2.38 bits per heavy atom. The number of nitrogens with two attached hydrogens (primary N) is 1. The summed E-state index contributed by atoms with van der Waals surface area (Å²) in [6, 6.07) is 0. The number of halogens is 1. The normalized spacial score (nSPS) is 16.4. The molecular formula is C10H17ClN4O. The van der Waals surface area contributed by atoms with Gasteiger partial charge in [0.05, 0.1) is 18.3 Å². The number of carbonyl (C=O) groups excluding carboxylic acids is 1. The Labute approximate surface area is 101 Å². The van der Waals surface area contributed by atoms with Crippen LogP contribution < -0.4 is 11.1 Å². The smallest absolute Gasteiger partial charge is 0.240 e. The summed E-state index contributed by atoms with van der Waals surface area (Å²) in [5.74, 6) is -0.0358. The van der Waals surface area contributed by atoms with Crippen LogP contribution in [-0.2, 0) is 11.3 Å². The van der Waals surface area contributed by atoms with Crippen LogP contribution in [0, 0.1) is 6.92 Å². The molecule has 16 heavy (non-hydrogen) atoms. The molecule has 0 spiro atoms. The number of carbonyl (C=O) groups is 1. The van der Waals surface area contributed by atoms with Crippen LogP contribution in [0.3, 0.4) is 0 Å². The second-order valence-corrected chi connectivity index (χ2v) is 4.19. The van der Waals surface area contributed by atoms with Gasteiger partial charge in [0, 0.05) is 12.7 Å². The molecule has 0 radical (unpaired) electrons. The molecule has 5 nitrogen and oxygen atoms in total. The first-order valence-electron chi connectivity index (χ1n) is 5.16. The van der Waals surface area contributed by atoms with E-state index in [0.29, 0.717) is 13.1 Å². The van der Waals surface area contributed by atoms with Gasteiger partial charge in [0.25, 0.3) is 0 Å². The van der Waals surface area contributed by atoms with Gasteiger partial charge in [-0.3, -0.25) is 9.48 Å². The van der Waals surface area contributed by atoms with Crippen molar-refractivity contribution in [2.75, 3.05) is 6.54 Å². The van der Waals surface area contributed by atoms with Crippen molar-refractivity contribution >= 4 is 18.3 Å². The van der Waals surface area contributed by atoms with Gasteiger partial charge in [-0.25, -0.2) is 0 Å². The molecule has 0 aromatic carbocycles. The molecule has 0 unspecified atom stereocenters. The first kappa shape index (κ1) is 13.0. The molecule has 1 heterocycles. The zero-order valence-corrected chi connectivity index (χ0v) is 10.1. The number of aromatic nitrogens is 2. The van der Waals surface area contributed by atoms with Crippen molar-refractivity contribution in [2.45, 2.75) is 31.8 Å². The second kappa shape index (κ2) is 4.84. The molecule has 0 atom stereocenters. The molecule has 1 aliphatic carbocycles. The van der Waals surface area contributed by atoms with E-state index in [1.807, 2.05) is 17.8 Å². The summed E-state index contributed by atoms with van der Waals surface area (Å²) in [6.45, 7) is 3.26. The summed E-state index contributed by atoms with van der Waals surface area (Å²) < 4.78 is 1.81. The molecule has 0 aliphatic heterocycles. The Morgan fingerprint density at radius 3 is 2.88 bits per heavy atom. The highest BCUT2D eigenvalue weighted by Gasteiger charge is 2.45. The Balaban J connectivity index is 0.00000128. The third-order valence-corrected chi connectivity index (χ3v) is 2.63. The van der Waals surface area contributed by atoms with Crippen molar-refractivity contribution in [3.05, 3.63) is 18.0 Å². The fourth-order valence-electron chi connectivity index (χ4n) is 1.41. The summed E-state index contributed by atoms with van der Waals surface area (Å²) >= 11 is 0. The number of nitrogens with zero attached hydrogens (tertiary/aromatic N) is 2. The number of hydrogen-bond donors (Lipinski definition) is 2. The lowest BCUT2D eigenvalue weighted by Gasteiger charge is -2.09. The average Bonchev–Trinajstić information content (AvgIpc) is 2.81. The first-order chi connectivity index (χ1) is 7.10. The van der Waals surface area contributed by atoms with Gasteiger partial charge in [0.15, 0.2) is 0 Å². The SMILES string of the molecule is Cc1cnn(CCNC(=O)C2(N)CC2)c1.Cl. The van der Waals surface area contributed by atoms with E-state index in [1.54, 1.807) is 6.20 Å². The number of nitrogens with one attached hydrogen (secondary N) is 1. The molecule has 1 aliphatic rings. The van der Waals surface area contributed by atoms with Crippen LogP contribution in [-0.4, -0.2) is 27.8 Å². The Kier molecular flexibility index (Phi) is 3.93. The van der Waals surface area contributed by atoms with E-state index in [2.05, 4.69) is 10.4 Å². The van der Waals surface area contributed by atoms with Crippen LogP contribution in [0.1, 0.15) is 18.4 Å². The van der Waals surface area contributed by atoms with E-state index >= 15 is 0 Å². The zero-order valence-electron chi connectivity index (χ0n) is 9.27. The molecule has 0 bridgehead atoms. The highest BCUT2D eigenvalue weighted by molar-refractivity contribution is 5.88. The highest BCUT2D eigenvalue weighted by Crippen LogP contribution is 2.31. The van der Waals surface area contributed by atoms with Crippen LogP contribution in [0.5, 0.6) is 0 Å². The number of hydrogen-bond acceptors (Lipinski definition) is 3. The van der Waals surface area contributed by atoms with E-state index in [9.17, 15) is 4.79 Å². The average molecular weight is 245 g/mol. The van der Waals surface area contributed by atoms with Gasteiger partial charge >= 0.3 is 0 Å². The van der Waals surface area contributed by atoms with Gasteiger partial charge in [-0.05, 0) is 25.3 Å². The van der Waals surface area contributed by atoms with Gasteiger partial charge < -0.3 is 11.1 Å². The number of rotatable bonds is 4. The fourth-order valence-corrected chi connectivity index (χ4v) is 1.41. The molecular weight excluding hydrogens is 228 g/mol. The first-order valence-corrected chi connectivity index (χ1v) is 5.16. The van der Waals surface area contributed by atoms with Crippen LogP contribution >= 0.6 is 12.4 Å². The minimum Gasteiger partial charge on any atom is -0.353 e. The van der Waals surface area contributed by atoms with E-state index in [-0.39, 0.29) is 18.3 Å². The Morgan fingerprint density at radius 1 is 1.69 bits per heavy atom. The largest absolute Gasteiger partial charge is 0.353 e. The van der Waals surface area contributed by atoms with Crippen molar-refractivity contribution in [2.24, 2.45) is 5.73 Å². The molecule has 1 fully saturated rings. The standard InChI is InChI=1S/C10H16N4O.ClH/c1-8-6-13-14(7-8)5-4-12-9(15)10(11)2-3-10;/h6-7H,2-5,11H2,1H3,(H,12,15);1H. The fraction of sp³-hybridized carbons (Fsp3) is 0.600. The van der Waals surface area contributed by atoms with Crippen LogP contribution in [0.25, 0.3) is 0 Å². The maximum atomic E-state index is 11.5. The Hall–Kier alpha value is -1.07. The molecule has 1 aromatic heterocycles. The van der Waals surface area contributed by atoms with E-state index in [0.717, 1.165) is 18.4 Å². The monoisotopic (exact) mass is 244 g/mol. The predicted molar refractivity (Wildman–Crippen MR) is 63.4 cm³/mol. The third kappa shape index (κ3) is 2.96. The lowest BCUT2D eigenvalue weighted by Crippen LogP contribution is -2.43. The highest BCUT2D eigenvalue weighted by atomic mass is 35.5. The summed E-state index contributed by atoms with van der Waals surface area (Å²) in [5, 5.41) is 6.94. The van der Waals surface area contributed by atoms with Crippen LogP contribution in [0.4, 0.5) is 0 Å². The molecule has 3 N–H and O–H groups in total. The molecule has 2 rings (SSSR count). The molecule has 0 saturated heterocycles. The number of aryl methyl sites for hydroxylation is 1. The number of amides is 1. The maximum Gasteiger partial charge on any atom is 0.240 e. The van der Waals surface area contributed by atoms with Crippen molar-refractivity contribution in [1.82, 2.24) is 15.1 Å². The Bertz CT molecular complexity index is 373. The lowest BCUT2D eigenvalue weighted by atomic mass is 10.3. The van der Waals surface area contributed by atoms with Gasteiger partial charge in [0.2, 0.25) is 5.91 Å². The second-order valence-electron chi connectivity index (χ2n) is 4.19. The van der Waals surface area contributed by atoms with Crippen molar-refractivity contribution in [3.63, 3.8) is 0 Å². The quantitative estimate of drug-likeness (QED) is 0.796. The van der Waals surface area contributed by atoms with Crippen molar-refractivity contribution < 1.29 is 4.79 Å². The molecule has 1 saturated carbocycles. The van der Waals surface area contributed by atoms with Gasteiger partial charge in [-0.2, -0.15) is 5.10 Å².